The maximum Gasteiger partial charge on any atom is 0.305 e. The molecule has 0 aliphatic rings. The number of unbranched alkanes of at least 4 members (excludes halogenated alkanes) is 14. The molecule has 0 aliphatic carbocycles. The lowest BCUT2D eigenvalue weighted by molar-refractivity contribution is -0.144. The molecule has 0 aromatic rings. The Morgan fingerprint density at radius 3 is 1.76 bits per heavy atom. The van der Waals surface area contributed by atoms with Gasteiger partial charge in [-0.1, -0.05) is 84.0 Å². The molecule has 0 aromatic carbocycles. The van der Waals surface area contributed by atoms with Gasteiger partial charge in [0, 0.05) is 26.5 Å². The zero-order valence-corrected chi connectivity index (χ0v) is 27.8. The lowest BCUT2D eigenvalue weighted by atomic mass is 9.93. The molecule has 0 spiro atoms. The first-order valence-electron chi connectivity index (χ1n) is 17.1. The van der Waals surface area contributed by atoms with Crippen LogP contribution in [-0.4, -0.2) is 74.4 Å². The van der Waals surface area contributed by atoms with Gasteiger partial charge in [0.05, 0.1) is 18.6 Å². The second-order valence-electron chi connectivity index (χ2n) is 12.5. The third-order valence-corrected chi connectivity index (χ3v) is 7.79. The van der Waals surface area contributed by atoms with Crippen LogP contribution in [0.15, 0.2) is 0 Å². The van der Waals surface area contributed by atoms with E-state index in [1.807, 2.05) is 13.8 Å². The van der Waals surface area contributed by atoms with Crippen molar-refractivity contribution in [1.82, 2.24) is 10.2 Å². The van der Waals surface area contributed by atoms with Crippen molar-refractivity contribution in [3.63, 3.8) is 0 Å². The highest BCUT2D eigenvalue weighted by atomic mass is 16.5. The highest BCUT2D eigenvalue weighted by Crippen LogP contribution is 2.15. The fourth-order valence-electron chi connectivity index (χ4n) is 5.10. The van der Waals surface area contributed by atoms with Crippen LogP contribution in [-0.2, 0) is 23.9 Å². The van der Waals surface area contributed by atoms with E-state index < -0.39 is 11.4 Å². The van der Waals surface area contributed by atoms with Crippen LogP contribution in [0, 0.1) is 5.41 Å². The Hall–Kier alpha value is -1.67. The van der Waals surface area contributed by atoms with Gasteiger partial charge in [0.15, 0.2) is 0 Å². The second-order valence-corrected chi connectivity index (χ2v) is 12.5. The second kappa shape index (κ2) is 28.1. The van der Waals surface area contributed by atoms with Gasteiger partial charge >= 0.3 is 11.9 Å². The van der Waals surface area contributed by atoms with Crippen LogP contribution in [0.25, 0.3) is 0 Å². The van der Waals surface area contributed by atoms with E-state index in [-0.39, 0.29) is 18.3 Å². The number of nitrogens with one attached hydrogen (secondary N) is 1. The Morgan fingerprint density at radius 1 is 0.690 bits per heavy atom. The number of carbonyl (C=O) groups excluding carboxylic acids is 2. The Bertz CT molecular complexity index is 670. The van der Waals surface area contributed by atoms with Crippen molar-refractivity contribution in [1.29, 1.82) is 0 Å². The molecule has 0 radical (unpaired) electrons. The summed E-state index contributed by atoms with van der Waals surface area (Å²) in [6.07, 6.45) is 20.7. The number of aliphatic carboxylic acids is 1. The van der Waals surface area contributed by atoms with Gasteiger partial charge in [0.2, 0.25) is 5.91 Å². The zero-order valence-electron chi connectivity index (χ0n) is 27.8. The van der Waals surface area contributed by atoms with Crippen LogP contribution in [0.1, 0.15) is 149 Å². The van der Waals surface area contributed by atoms with E-state index in [1.165, 1.54) is 32.1 Å². The largest absolute Gasteiger partial charge is 0.481 e. The predicted molar refractivity (Wildman–Crippen MR) is 172 cm³/mol. The van der Waals surface area contributed by atoms with Gasteiger partial charge < -0.3 is 24.8 Å². The normalized spacial score (nSPS) is 11.6. The number of esters is 1. The molecule has 248 valence electrons. The number of carbonyl (C=O) groups is 3. The van der Waals surface area contributed by atoms with Crippen LogP contribution >= 0.6 is 0 Å². The third kappa shape index (κ3) is 26.0. The van der Waals surface area contributed by atoms with Gasteiger partial charge in [-0.05, 0) is 72.0 Å². The van der Waals surface area contributed by atoms with Crippen molar-refractivity contribution in [2.24, 2.45) is 5.41 Å². The van der Waals surface area contributed by atoms with Crippen LogP contribution in [0.2, 0.25) is 0 Å². The van der Waals surface area contributed by atoms with Crippen molar-refractivity contribution in [2.45, 2.75) is 149 Å². The van der Waals surface area contributed by atoms with E-state index in [9.17, 15) is 14.4 Å². The summed E-state index contributed by atoms with van der Waals surface area (Å²) in [5, 5.41) is 11.8. The smallest absolute Gasteiger partial charge is 0.305 e. The van der Waals surface area contributed by atoms with Crippen molar-refractivity contribution < 1.29 is 29.0 Å². The molecule has 0 fully saturated rings. The minimum atomic E-state index is -0.711. The molecule has 0 rings (SSSR count). The third-order valence-electron chi connectivity index (χ3n) is 7.79. The molecular weight excluding hydrogens is 532 g/mol. The molecule has 0 heterocycles. The summed E-state index contributed by atoms with van der Waals surface area (Å²) in [5.74, 6) is -0.732. The summed E-state index contributed by atoms with van der Waals surface area (Å²) in [7, 11) is 1.62. The molecule has 0 bridgehead atoms. The maximum atomic E-state index is 12.4. The number of ether oxygens (including phenoxy) is 2. The minimum absolute atomic E-state index is 0.0268. The van der Waals surface area contributed by atoms with Crippen LogP contribution < -0.4 is 5.32 Å². The molecular formula is C34H66N2O6. The molecule has 0 atom stereocenters. The highest BCUT2D eigenvalue weighted by molar-refractivity contribution is 5.81. The van der Waals surface area contributed by atoms with Gasteiger partial charge in [-0.25, -0.2) is 0 Å². The number of carboxylic acids is 1. The van der Waals surface area contributed by atoms with Gasteiger partial charge in [0.25, 0.3) is 0 Å². The summed E-state index contributed by atoms with van der Waals surface area (Å²) in [6, 6.07) is 0. The van der Waals surface area contributed by atoms with E-state index >= 15 is 0 Å². The van der Waals surface area contributed by atoms with E-state index in [0.717, 1.165) is 103 Å². The van der Waals surface area contributed by atoms with E-state index in [4.69, 9.17) is 14.6 Å². The molecule has 0 aromatic heterocycles. The Labute approximate surface area is 258 Å². The minimum Gasteiger partial charge on any atom is -0.481 e. The first-order chi connectivity index (χ1) is 20.2. The molecule has 0 aliphatic heterocycles. The monoisotopic (exact) mass is 598 g/mol. The summed E-state index contributed by atoms with van der Waals surface area (Å²) in [6.45, 7) is 10.7. The topological polar surface area (TPSA) is 105 Å². The molecule has 8 heteroatoms. The average molecular weight is 599 g/mol. The first-order valence-corrected chi connectivity index (χ1v) is 17.1. The lowest BCUT2D eigenvalue weighted by Crippen LogP contribution is -2.41. The van der Waals surface area contributed by atoms with Crippen LogP contribution in [0.3, 0.4) is 0 Å². The SMILES string of the molecule is CCCCCCCCCOC(=O)CCCCCCCN(CCCCCCCC(=O)O)CCCNC(=O)C(C)(C)COC. The molecule has 0 saturated heterocycles. The fourth-order valence-corrected chi connectivity index (χ4v) is 5.10. The van der Waals surface area contributed by atoms with Crippen LogP contribution in [0.4, 0.5) is 0 Å². The number of nitrogens with zero attached hydrogens (tertiary/aromatic N) is 1. The summed E-state index contributed by atoms with van der Waals surface area (Å²) in [5.41, 5.74) is -0.528. The van der Waals surface area contributed by atoms with E-state index in [2.05, 4.69) is 17.1 Å². The highest BCUT2D eigenvalue weighted by Gasteiger charge is 2.27. The van der Waals surface area contributed by atoms with Crippen molar-refractivity contribution in [3.8, 4) is 0 Å². The van der Waals surface area contributed by atoms with Crippen LogP contribution in [0.5, 0.6) is 0 Å². The Balaban J connectivity index is 4.11. The number of rotatable bonds is 31. The number of hydrogen-bond donors (Lipinski definition) is 2. The van der Waals surface area contributed by atoms with Gasteiger partial charge in [-0.2, -0.15) is 0 Å². The van der Waals surface area contributed by atoms with E-state index in [1.54, 1.807) is 7.11 Å². The van der Waals surface area contributed by atoms with Crippen molar-refractivity contribution >= 4 is 17.8 Å². The molecule has 42 heavy (non-hydrogen) atoms. The maximum absolute atomic E-state index is 12.4. The molecule has 0 saturated carbocycles. The standard InChI is InChI=1S/C34H66N2O6/c1-5-6-7-8-9-16-21-29-42-32(39)24-18-13-11-15-20-27-36(26-19-14-10-12-17-23-31(37)38)28-22-25-35-33(40)34(2,3)30-41-4/h5-30H2,1-4H3,(H,35,40)(H,37,38). The van der Waals surface area contributed by atoms with Crippen molar-refractivity contribution in [3.05, 3.63) is 0 Å². The summed E-state index contributed by atoms with van der Waals surface area (Å²) in [4.78, 5) is 37.6. The average Bonchev–Trinajstić information content (AvgIpc) is 2.94. The number of carboxylic acid groups (broad SMARTS) is 1. The number of methoxy groups -OCH3 is 1. The Morgan fingerprint density at radius 2 is 1.19 bits per heavy atom. The lowest BCUT2D eigenvalue weighted by Gasteiger charge is -2.24. The van der Waals surface area contributed by atoms with E-state index in [0.29, 0.717) is 26.2 Å². The van der Waals surface area contributed by atoms with Gasteiger partial charge in [-0.3, -0.25) is 14.4 Å². The number of hydrogen-bond acceptors (Lipinski definition) is 6. The number of amides is 1. The predicted octanol–water partition coefficient (Wildman–Crippen LogP) is 7.53. The van der Waals surface area contributed by atoms with Crippen molar-refractivity contribution in [2.75, 3.05) is 46.5 Å². The molecule has 1 amide bonds. The summed E-state index contributed by atoms with van der Waals surface area (Å²) >= 11 is 0. The molecule has 2 N–H and O–H groups in total. The van der Waals surface area contributed by atoms with Gasteiger partial charge in [-0.15, -0.1) is 0 Å². The quantitative estimate of drug-likeness (QED) is 0.0628. The zero-order chi connectivity index (χ0) is 31.3. The first kappa shape index (κ1) is 40.3. The fraction of sp³-hybridized carbons (Fsp3) is 0.912. The summed E-state index contributed by atoms with van der Waals surface area (Å²) < 4.78 is 10.6. The Kier molecular flexibility index (Phi) is 27.0. The molecule has 0 unspecified atom stereocenters. The van der Waals surface area contributed by atoms with Gasteiger partial charge in [0.1, 0.15) is 0 Å². The molecule has 8 nitrogen and oxygen atoms in total.